The minimum Gasteiger partial charge on any atom is -0.468 e. The molecule has 1 saturated carbocycles. The number of halogens is 1. The fraction of sp³-hybridized carbons (Fsp3) is 0.333. The molecule has 0 spiro atoms. The van der Waals surface area contributed by atoms with Gasteiger partial charge in [-0.15, -0.1) is 0 Å². The van der Waals surface area contributed by atoms with E-state index in [9.17, 15) is 9.18 Å². The molecule has 1 aliphatic carbocycles. The van der Waals surface area contributed by atoms with Gasteiger partial charge in [-0.1, -0.05) is 12.1 Å². The molecule has 0 unspecified atom stereocenters. The van der Waals surface area contributed by atoms with Gasteiger partial charge in [0, 0.05) is 11.1 Å². The first-order valence-corrected chi connectivity index (χ1v) is 6.23. The summed E-state index contributed by atoms with van der Waals surface area (Å²) in [5.74, 6) is -0.607. The molecule has 0 aliphatic heterocycles. The van der Waals surface area contributed by atoms with E-state index >= 15 is 0 Å². The van der Waals surface area contributed by atoms with Crippen LogP contribution in [0.3, 0.4) is 0 Å². The largest absolute Gasteiger partial charge is 0.468 e. The smallest absolute Gasteiger partial charge is 0.316 e. The number of carbonyl (C=O) groups is 1. The monoisotopic (exact) mass is 259 g/mol. The number of nitrogens with zero attached hydrogens (tertiary/aromatic N) is 1. The number of aromatic nitrogens is 1. The van der Waals surface area contributed by atoms with Crippen LogP contribution in [0.1, 0.15) is 24.1 Å². The van der Waals surface area contributed by atoms with E-state index in [4.69, 9.17) is 4.74 Å². The molecule has 0 radical (unpaired) electrons. The van der Waals surface area contributed by atoms with Crippen molar-refractivity contribution in [1.29, 1.82) is 0 Å². The Morgan fingerprint density at radius 2 is 2.05 bits per heavy atom. The zero-order valence-corrected chi connectivity index (χ0v) is 10.9. The summed E-state index contributed by atoms with van der Waals surface area (Å²) in [6.45, 7) is 1.82. The molecule has 1 aromatic heterocycles. The summed E-state index contributed by atoms with van der Waals surface area (Å²) < 4.78 is 18.7. The lowest BCUT2D eigenvalue weighted by atomic mass is 9.92. The molecule has 0 amide bonds. The molecular formula is C15H14FNO2. The number of hydrogen-bond donors (Lipinski definition) is 0. The van der Waals surface area contributed by atoms with Crippen molar-refractivity contribution < 1.29 is 13.9 Å². The number of fused-ring (bicyclic) bond motifs is 1. The third-order valence-corrected chi connectivity index (χ3v) is 3.79. The second-order valence-corrected chi connectivity index (χ2v) is 5.02. The SMILES string of the molecule is COC(=O)C1(c2ccc(F)c3nc(C)ccc23)CC1. The highest BCUT2D eigenvalue weighted by Crippen LogP contribution is 2.51. The standard InChI is InChI=1S/C15H14FNO2/c1-9-3-4-10-11(5-6-12(16)13(10)17-9)15(7-8-15)14(18)19-2/h3-6H,7-8H2,1-2H3. The van der Waals surface area contributed by atoms with Gasteiger partial charge in [0.1, 0.15) is 11.3 Å². The van der Waals surface area contributed by atoms with Gasteiger partial charge in [-0.25, -0.2) is 4.39 Å². The van der Waals surface area contributed by atoms with Crippen molar-refractivity contribution in [3.63, 3.8) is 0 Å². The summed E-state index contributed by atoms with van der Waals surface area (Å²) >= 11 is 0. The molecular weight excluding hydrogens is 245 g/mol. The molecule has 0 N–H and O–H groups in total. The number of ether oxygens (including phenoxy) is 1. The van der Waals surface area contributed by atoms with Crippen molar-refractivity contribution in [3.8, 4) is 0 Å². The molecule has 0 saturated heterocycles. The number of carbonyl (C=O) groups excluding carboxylic acids is 1. The maximum atomic E-state index is 13.9. The van der Waals surface area contributed by atoms with Crippen LogP contribution in [0.25, 0.3) is 10.9 Å². The first-order chi connectivity index (χ1) is 9.08. The predicted molar refractivity (Wildman–Crippen MR) is 69.4 cm³/mol. The van der Waals surface area contributed by atoms with E-state index < -0.39 is 5.41 Å². The minimum absolute atomic E-state index is 0.249. The Kier molecular flexibility index (Phi) is 2.55. The van der Waals surface area contributed by atoms with Crippen molar-refractivity contribution in [2.45, 2.75) is 25.2 Å². The summed E-state index contributed by atoms with van der Waals surface area (Å²) in [5, 5.41) is 0.702. The first-order valence-electron chi connectivity index (χ1n) is 6.23. The fourth-order valence-electron chi connectivity index (χ4n) is 2.60. The minimum atomic E-state index is -0.600. The van der Waals surface area contributed by atoms with Crippen LogP contribution in [0.4, 0.5) is 4.39 Å². The van der Waals surface area contributed by atoms with E-state index in [1.165, 1.54) is 13.2 Å². The van der Waals surface area contributed by atoms with Gasteiger partial charge in [0.25, 0.3) is 0 Å². The molecule has 4 heteroatoms. The van der Waals surface area contributed by atoms with Gasteiger partial charge in [0.2, 0.25) is 0 Å². The van der Waals surface area contributed by atoms with Gasteiger partial charge in [0.15, 0.2) is 0 Å². The summed E-state index contributed by atoms with van der Waals surface area (Å²) in [6, 6.07) is 6.73. The van der Waals surface area contributed by atoms with Crippen molar-refractivity contribution in [2.24, 2.45) is 0 Å². The highest BCUT2D eigenvalue weighted by Gasteiger charge is 2.53. The van der Waals surface area contributed by atoms with Crippen molar-refractivity contribution in [3.05, 3.63) is 41.3 Å². The average molecular weight is 259 g/mol. The van der Waals surface area contributed by atoms with Crippen LogP contribution in [0.2, 0.25) is 0 Å². The summed E-state index contributed by atoms with van der Waals surface area (Å²) in [6.07, 6.45) is 1.49. The first kappa shape index (κ1) is 12.1. The third-order valence-electron chi connectivity index (χ3n) is 3.79. The molecule has 1 heterocycles. The zero-order valence-electron chi connectivity index (χ0n) is 10.9. The van der Waals surface area contributed by atoms with Gasteiger partial charge in [-0.3, -0.25) is 9.78 Å². The molecule has 0 bridgehead atoms. The topological polar surface area (TPSA) is 39.2 Å². The zero-order chi connectivity index (χ0) is 13.6. The normalized spacial score (nSPS) is 16.4. The summed E-state index contributed by atoms with van der Waals surface area (Å²) in [5.41, 5.74) is 1.31. The molecule has 3 nitrogen and oxygen atoms in total. The molecule has 0 atom stereocenters. The second-order valence-electron chi connectivity index (χ2n) is 5.02. The van der Waals surface area contributed by atoms with E-state index in [1.54, 1.807) is 6.07 Å². The summed E-state index contributed by atoms with van der Waals surface area (Å²) in [7, 11) is 1.39. The number of hydrogen-bond acceptors (Lipinski definition) is 3. The number of aryl methyl sites for hydroxylation is 1. The van der Waals surface area contributed by atoms with Gasteiger partial charge < -0.3 is 4.74 Å². The van der Waals surface area contributed by atoms with E-state index in [-0.39, 0.29) is 11.8 Å². The molecule has 3 rings (SSSR count). The lowest BCUT2D eigenvalue weighted by Crippen LogP contribution is -2.22. The third kappa shape index (κ3) is 1.70. The van der Waals surface area contributed by atoms with Crippen LogP contribution in [0.15, 0.2) is 24.3 Å². The number of methoxy groups -OCH3 is 1. The van der Waals surface area contributed by atoms with Crippen molar-refractivity contribution in [1.82, 2.24) is 4.98 Å². The van der Waals surface area contributed by atoms with E-state index in [0.717, 1.165) is 24.1 Å². The number of pyridine rings is 1. The van der Waals surface area contributed by atoms with E-state index in [0.29, 0.717) is 10.9 Å². The highest BCUT2D eigenvalue weighted by atomic mass is 19.1. The number of esters is 1. The van der Waals surface area contributed by atoms with Crippen LogP contribution in [-0.4, -0.2) is 18.1 Å². The Bertz CT molecular complexity index is 677. The Labute approximate surface area is 110 Å². The molecule has 19 heavy (non-hydrogen) atoms. The molecule has 1 aliphatic rings. The van der Waals surface area contributed by atoms with Crippen molar-refractivity contribution >= 4 is 16.9 Å². The Morgan fingerprint density at radius 3 is 2.68 bits per heavy atom. The number of benzene rings is 1. The van der Waals surface area contributed by atoms with Gasteiger partial charge in [0.05, 0.1) is 12.5 Å². The highest BCUT2D eigenvalue weighted by molar-refractivity contribution is 5.94. The van der Waals surface area contributed by atoms with Crippen LogP contribution in [-0.2, 0) is 14.9 Å². The lowest BCUT2D eigenvalue weighted by Gasteiger charge is -2.15. The van der Waals surface area contributed by atoms with Crippen LogP contribution >= 0.6 is 0 Å². The van der Waals surface area contributed by atoms with Crippen molar-refractivity contribution in [2.75, 3.05) is 7.11 Å². The Hall–Kier alpha value is -1.97. The Balaban J connectivity index is 2.26. The molecule has 2 aromatic rings. The van der Waals surface area contributed by atoms with E-state index in [1.807, 2.05) is 19.1 Å². The molecule has 1 aromatic carbocycles. The summed E-state index contributed by atoms with van der Waals surface area (Å²) in [4.78, 5) is 16.2. The molecule has 1 fully saturated rings. The van der Waals surface area contributed by atoms with Gasteiger partial charge >= 0.3 is 5.97 Å². The lowest BCUT2D eigenvalue weighted by molar-refractivity contribution is -0.143. The maximum Gasteiger partial charge on any atom is 0.316 e. The predicted octanol–water partition coefficient (Wildman–Crippen LogP) is 2.89. The number of rotatable bonds is 2. The Morgan fingerprint density at radius 1 is 1.32 bits per heavy atom. The average Bonchev–Trinajstić information content (AvgIpc) is 3.20. The molecule has 98 valence electrons. The second kappa shape index (κ2) is 4.02. The van der Waals surface area contributed by atoms with Crippen LogP contribution in [0.5, 0.6) is 0 Å². The quantitative estimate of drug-likeness (QED) is 0.778. The van der Waals surface area contributed by atoms with Crippen LogP contribution < -0.4 is 0 Å². The van der Waals surface area contributed by atoms with Gasteiger partial charge in [-0.05, 0) is 37.5 Å². The maximum absolute atomic E-state index is 13.9. The van der Waals surface area contributed by atoms with Crippen LogP contribution in [0, 0.1) is 12.7 Å². The van der Waals surface area contributed by atoms with E-state index in [2.05, 4.69) is 4.98 Å². The van der Waals surface area contributed by atoms with Gasteiger partial charge in [-0.2, -0.15) is 0 Å². The fourth-order valence-corrected chi connectivity index (χ4v) is 2.60.